The molecule has 1 aromatic heterocycles. The molecule has 0 bridgehead atoms. The van der Waals surface area contributed by atoms with Gasteiger partial charge in [0.05, 0.1) is 11.6 Å². The first-order valence-corrected chi connectivity index (χ1v) is 13.3. The monoisotopic (exact) mass is 487 g/mol. The predicted octanol–water partition coefficient (Wildman–Crippen LogP) is 4.63. The van der Waals surface area contributed by atoms with Gasteiger partial charge in [-0.1, -0.05) is 73.5 Å². The van der Waals surface area contributed by atoms with E-state index in [-0.39, 0.29) is 11.8 Å². The maximum absolute atomic E-state index is 12.6. The van der Waals surface area contributed by atoms with Gasteiger partial charge in [-0.05, 0) is 37.1 Å². The molecule has 3 heterocycles. The number of likely N-dealkylation sites (tertiary alicyclic amines) is 1. The predicted molar refractivity (Wildman–Crippen MR) is 142 cm³/mol. The highest BCUT2D eigenvalue weighted by atomic mass is 16.4. The molecular weight excluding hydrogens is 450 g/mol. The van der Waals surface area contributed by atoms with E-state index in [1.54, 1.807) is 0 Å². The van der Waals surface area contributed by atoms with Crippen molar-refractivity contribution >= 4 is 0 Å². The SMILES string of the molecule is O=c1occ(CN2CCCCCC2)c(O)c1CN1CCN(C(c2ccccc2)c2ccccc2)CC1. The summed E-state index contributed by atoms with van der Waals surface area (Å²) in [6, 6.07) is 21.5. The third kappa shape index (κ3) is 5.89. The van der Waals surface area contributed by atoms with Gasteiger partial charge in [-0.2, -0.15) is 0 Å². The molecule has 3 aromatic rings. The van der Waals surface area contributed by atoms with Crippen LogP contribution in [0, 0.1) is 0 Å². The molecule has 0 spiro atoms. The minimum Gasteiger partial charge on any atom is -0.507 e. The summed E-state index contributed by atoms with van der Waals surface area (Å²) in [7, 11) is 0. The zero-order valence-corrected chi connectivity index (χ0v) is 21.0. The summed E-state index contributed by atoms with van der Waals surface area (Å²) in [6.07, 6.45) is 6.34. The van der Waals surface area contributed by atoms with Gasteiger partial charge >= 0.3 is 5.63 Å². The van der Waals surface area contributed by atoms with Crippen LogP contribution in [0.1, 0.15) is 54.0 Å². The summed E-state index contributed by atoms with van der Waals surface area (Å²) in [6.45, 7) is 6.52. The third-order valence-corrected chi connectivity index (χ3v) is 7.62. The van der Waals surface area contributed by atoms with Crippen LogP contribution in [0.25, 0.3) is 0 Å². The van der Waals surface area contributed by atoms with Crippen LogP contribution in [0.15, 0.2) is 76.1 Å². The second kappa shape index (κ2) is 11.9. The topological polar surface area (TPSA) is 60.2 Å². The molecule has 0 unspecified atom stereocenters. The van der Waals surface area contributed by atoms with Gasteiger partial charge in [0.1, 0.15) is 12.0 Å². The lowest BCUT2D eigenvalue weighted by atomic mass is 9.96. The molecule has 1 N–H and O–H groups in total. The van der Waals surface area contributed by atoms with Gasteiger partial charge in [-0.3, -0.25) is 14.7 Å². The van der Waals surface area contributed by atoms with E-state index in [2.05, 4.69) is 75.4 Å². The van der Waals surface area contributed by atoms with E-state index in [1.165, 1.54) is 43.1 Å². The number of piperazine rings is 1. The summed E-state index contributed by atoms with van der Waals surface area (Å²) < 4.78 is 5.38. The van der Waals surface area contributed by atoms with Crippen LogP contribution >= 0.6 is 0 Å². The quantitative estimate of drug-likeness (QED) is 0.525. The summed E-state index contributed by atoms with van der Waals surface area (Å²) in [5.41, 5.74) is 3.26. The lowest BCUT2D eigenvalue weighted by Gasteiger charge is -2.39. The Morgan fingerprint density at radius 1 is 0.722 bits per heavy atom. The van der Waals surface area contributed by atoms with Crippen molar-refractivity contribution in [2.24, 2.45) is 0 Å². The van der Waals surface area contributed by atoms with Gasteiger partial charge in [0, 0.05) is 44.8 Å². The molecule has 0 saturated carbocycles. The van der Waals surface area contributed by atoms with Gasteiger partial charge in [-0.25, -0.2) is 4.79 Å². The van der Waals surface area contributed by atoms with Crippen molar-refractivity contribution in [1.82, 2.24) is 14.7 Å². The summed E-state index contributed by atoms with van der Waals surface area (Å²) >= 11 is 0. The van der Waals surface area contributed by atoms with Crippen molar-refractivity contribution in [2.75, 3.05) is 39.3 Å². The molecule has 0 atom stereocenters. The van der Waals surface area contributed by atoms with Crippen molar-refractivity contribution in [3.63, 3.8) is 0 Å². The van der Waals surface area contributed by atoms with Crippen molar-refractivity contribution in [3.8, 4) is 5.75 Å². The molecule has 5 rings (SSSR count). The van der Waals surface area contributed by atoms with Crippen LogP contribution in [0.2, 0.25) is 0 Å². The number of nitrogens with zero attached hydrogens (tertiary/aromatic N) is 3. The Labute approximate surface area is 213 Å². The fourth-order valence-corrected chi connectivity index (χ4v) is 5.62. The maximum atomic E-state index is 12.6. The van der Waals surface area contributed by atoms with Crippen LogP contribution < -0.4 is 5.63 Å². The Balaban J connectivity index is 1.27. The molecular formula is C30H37N3O3. The van der Waals surface area contributed by atoms with Gasteiger partial charge in [-0.15, -0.1) is 0 Å². The average molecular weight is 488 g/mol. The van der Waals surface area contributed by atoms with Gasteiger partial charge in [0.15, 0.2) is 0 Å². The van der Waals surface area contributed by atoms with Crippen LogP contribution in [-0.2, 0) is 13.1 Å². The first-order valence-electron chi connectivity index (χ1n) is 13.3. The van der Waals surface area contributed by atoms with E-state index >= 15 is 0 Å². The highest BCUT2D eigenvalue weighted by Crippen LogP contribution is 2.30. The molecule has 36 heavy (non-hydrogen) atoms. The lowest BCUT2D eigenvalue weighted by molar-refractivity contribution is 0.103. The Hall–Kier alpha value is -2.93. The van der Waals surface area contributed by atoms with Crippen molar-refractivity contribution in [1.29, 1.82) is 0 Å². The summed E-state index contributed by atoms with van der Waals surface area (Å²) in [4.78, 5) is 19.7. The minimum absolute atomic E-state index is 0.115. The van der Waals surface area contributed by atoms with Gasteiger partial charge in [0.25, 0.3) is 0 Å². The van der Waals surface area contributed by atoms with E-state index in [9.17, 15) is 9.90 Å². The number of rotatable bonds is 7. The van der Waals surface area contributed by atoms with Crippen molar-refractivity contribution < 1.29 is 9.52 Å². The largest absolute Gasteiger partial charge is 0.507 e. The Morgan fingerprint density at radius 2 is 1.28 bits per heavy atom. The molecule has 0 radical (unpaired) electrons. The Bertz CT molecular complexity index is 1110. The second-order valence-corrected chi connectivity index (χ2v) is 10.1. The van der Waals surface area contributed by atoms with E-state index in [0.717, 1.165) is 44.8 Å². The number of hydrogen-bond donors (Lipinski definition) is 1. The van der Waals surface area contributed by atoms with E-state index in [0.29, 0.717) is 18.7 Å². The molecule has 2 aliphatic heterocycles. The summed E-state index contributed by atoms with van der Waals surface area (Å²) in [5, 5.41) is 11.0. The molecule has 6 heteroatoms. The molecule has 2 fully saturated rings. The normalized spacial score (nSPS) is 18.4. The summed E-state index contributed by atoms with van der Waals surface area (Å²) in [5.74, 6) is 0.115. The van der Waals surface area contributed by atoms with Gasteiger partial charge < -0.3 is 9.52 Å². The zero-order chi connectivity index (χ0) is 24.7. The standard InChI is InChI=1S/C30H37N3O3/c34-29-26(21-31-15-9-1-2-10-16-31)23-36-30(35)27(29)22-32-17-19-33(20-18-32)28(24-11-5-3-6-12-24)25-13-7-4-8-14-25/h3-8,11-14,23,28,34H,1-2,9-10,15-22H2. The maximum Gasteiger partial charge on any atom is 0.343 e. The van der Waals surface area contributed by atoms with E-state index in [4.69, 9.17) is 4.42 Å². The second-order valence-electron chi connectivity index (χ2n) is 10.1. The fourth-order valence-electron chi connectivity index (χ4n) is 5.62. The first-order chi connectivity index (χ1) is 17.7. The van der Waals surface area contributed by atoms with Gasteiger partial charge in [0.2, 0.25) is 0 Å². The fraction of sp³-hybridized carbons (Fsp3) is 0.433. The lowest BCUT2D eigenvalue weighted by Crippen LogP contribution is -2.47. The smallest absolute Gasteiger partial charge is 0.343 e. The van der Waals surface area contributed by atoms with E-state index in [1.807, 2.05) is 0 Å². The Kier molecular flexibility index (Phi) is 8.16. The Morgan fingerprint density at radius 3 is 1.86 bits per heavy atom. The molecule has 0 amide bonds. The molecule has 0 aliphatic carbocycles. The number of hydrogen-bond acceptors (Lipinski definition) is 6. The van der Waals surface area contributed by atoms with Crippen molar-refractivity contribution in [2.45, 2.75) is 44.8 Å². The van der Waals surface area contributed by atoms with Crippen LogP contribution in [0.4, 0.5) is 0 Å². The van der Waals surface area contributed by atoms with Crippen molar-refractivity contribution in [3.05, 3.63) is 99.6 Å². The molecule has 2 aromatic carbocycles. The number of benzene rings is 2. The van der Waals surface area contributed by atoms with E-state index < -0.39 is 5.63 Å². The third-order valence-electron chi connectivity index (χ3n) is 7.62. The first kappa shape index (κ1) is 24.8. The number of aromatic hydroxyl groups is 1. The molecule has 6 nitrogen and oxygen atoms in total. The average Bonchev–Trinajstić information content (AvgIpc) is 3.19. The zero-order valence-electron chi connectivity index (χ0n) is 21.0. The molecule has 2 aliphatic rings. The highest BCUT2D eigenvalue weighted by molar-refractivity contribution is 5.36. The van der Waals surface area contributed by atoms with Crippen LogP contribution in [0.3, 0.4) is 0 Å². The van der Waals surface area contributed by atoms with Crippen LogP contribution in [0.5, 0.6) is 5.75 Å². The highest BCUT2D eigenvalue weighted by Gasteiger charge is 2.27. The van der Waals surface area contributed by atoms with Crippen LogP contribution in [-0.4, -0.2) is 59.1 Å². The molecule has 2 saturated heterocycles. The molecule has 190 valence electrons. The minimum atomic E-state index is -0.430.